The van der Waals surface area contributed by atoms with E-state index >= 15 is 0 Å². The summed E-state index contributed by atoms with van der Waals surface area (Å²) in [7, 11) is 0. The van der Waals surface area contributed by atoms with E-state index in [9.17, 15) is 9.59 Å². The Bertz CT molecular complexity index is 897. The third-order valence-electron chi connectivity index (χ3n) is 5.08. The van der Waals surface area contributed by atoms with E-state index in [0.717, 1.165) is 24.0 Å². The fourth-order valence-corrected chi connectivity index (χ4v) is 3.57. The molecule has 0 heterocycles. The molecular formula is C24H30Cl2N2O3. The Labute approximate surface area is 194 Å². The SMILES string of the molecule is CCCCNC(=O)C(C)N(Cc1c(Cl)cccc1Cl)C(=O)COc1cc(C)ccc1C. The van der Waals surface area contributed by atoms with Gasteiger partial charge in [0.2, 0.25) is 5.91 Å². The summed E-state index contributed by atoms with van der Waals surface area (Å²) in [5.41, 5.74) is 2.57. The van der Waals surface area contributed by atoms with Gasteiger partial charge in [0.1, 0.15) is 11.8 Å². The van der Waals surface area contributed by atoms with E-state index in [4.69, 9.17) is 27.9 Å². The standard InChI is InChI=1S/C24H30Cl2N2O3/c1-5-6-12-27-24(30)18(4)28(14-19-20(25)8-7-9-21(19)26)23(29)15-31-22-13-16(2)10-11-17(22)3/h7-11,13,18H,5-6,12,14-15H2,1-4H3,(H,27,30). The molecule has 0 bridgehead atoms. The molecule has 31 heavy (non-hydrogen) atoms. The van der Waals surface area contributed by atoms with Crippen LogP contribution in [0.25, 0.3) is 0 Å². The van der Waals surface area contributed by atoms with Gasteiger partial charge in [-0.25, -0.2) is 0 Å². The minimum atomic E-state index is -0.709. The van der Waals surface area contributed by atoms with Crippen molar-refractivity contribution in [2.24, 2.45) is 0 Å². The maximum atomic E-state index is 13.2. The van der Waals surface area contributed by atoms with Crippen LogP contribution in [0, 0.1) is 13.8 Å². The molecule has 0 aromatic heterocycles. The first-order valence-corrected chi connectivity index (χ1v) is 11.2. The van der Waals surface area contributed by atoms with Gasteiger partial charge in [0.05, 0.1) is 0 Å². The van der Waals surface area contributed by atoms with Gasteiger partial charge < -0.3 is 15.0 Å². The fraction of sp³-hybridized carbons (Fsp3) is 0.417. The quantitative estimate of drug-likeness (QED) is 0.483. The van der Waals surface area contributed by atoms with Crippen LogP contribution in [-0.2, 0) is 16.1 Å². The van der Waals surface area contributed by atoms with Crippen LogP contribution >= 0.6 is 23.2 Å². The van der Waals surface area contributed by atoms with Gasteiger partial charge in [0.15, 0.2) is 6.61 Å². The number of rotatable bonds is 10. The van der Waals surface area contributed by atoms with Crippen molar-refractivity contribution in [3.63, 3.8) is 0 Å². The summed E-state index contributed by atoms with van der Waals surface area (Å²) in [4.78, 5) is 27.3. The topological polar surface area (TPSA) is 58.6 Å². The highest BCUT2D eigenvalue weighted by molar-refractivity contribution is 6.36. The Kier molecular flexibility index (Phi) is 9.66. The van der Waals surface area contributed by atoms with Crippen molar-refractivity contribution in [3.8, 4) is 5.75 Å². The second kappa shape index (κ2) is 12.0. The van der Waals surface area contributed by atoms with Gasteiger partial charge in [0, 0.05) is 28.7 Å². The summed E-state index contributed by atoms with van der Waals surface area (Å²) < 4.78 is 5.80. The Morgan fingerprint density at radius 1 is 1.13 bits per heavy atom. The van der Waals surface area contributed by atoms with E-state index in [0.29, 0.717) is 27.9 Å². The zero-order chi connectivity index (χ0) is 23.0. The lowest BCUT2D eigenvalue weighted by Gasteiger charge is -2.29. The largest absolute Gasteiger partial charge is 0.483 e. The number of halogens is 2. The highest BCUT2D eigenvalue weighted by atomic mass is 35.5. The molecule has 0 saturated heterocycles. The molecule has 168 valence electrons. The molecule has 0 aliphatic heterocycles. The van der Waals surface area contributed by atoms with Gasteiger partial charge in [-0.3, -0.25) is 9.59 Å². The summed E-state index contributed by atoms with van der Waals surface area (Å²) in [5.74, 6) is 0.0934. The van der Waals surface area contributed by atoms with Gasteiger partial charge in [-0.05, 0) is 56.5 Å². The van der Waals surface area contributed by atoms with E-state index in [1.807, 2.05) is 32.0 Å². The number of nitrogens with zero attached hydrogens (tertiary/aromatic N) is 1. The lowest BCUT2D eigenvalue weighted by molar-refractivity contribution is -0.142. The van der Waals surface area contributed by atoms with Crippen molar-refractivity contribution >= 4 is 35.0 Å². The number of hydrogen-bond acceptors (Lipinski definition) is 3. The average molecular weight is 465 g/mol. The van der Waals surface area contributed by atoms with Gasteiger partial charge in [-0.2, -0.15) is 0 Å². The van der Waals surface area contributed by atoms with E-state index < -0.39 is 6.04 Å². The van der Waals surface area contributed by atoms with Crippen molar-refractivity contribution in [1.29, 1.82) is 0 Å². The van der Waals surface area contributed by atoms with Crippen LogP contribution in [0.15, 0.2) is 36.4 Å². The molecule has 2 aromatic rings. The van der Waals surface area contributed by atoms with Crippen LogP contribution in [0.5, 0.6) is 5.75 Å². The second-order valence-corrected chi connectivity index (χ2v) is 8.41. The monoisotopic (exact) mass is 464 g/mol. The predicted octanol–water partition coefficient (Wildman–Crippen LogP) is 5.32. The number of nitrogens with one attached hydrogen (secondary N) is 1. The van der Waals surface area contributed by atoms with Crippen LogP contribution in [0.4, 0.5) is 0 Å². The number of carbonyl (C=O) groups is 2. The zero-order valence-electron chi connectivity index (χ0n) is 18.5. The molecule has 7 heteroatoms. The molecule has 0 fully saturated rings. The van der Waals surface area contributed by atoms with Gasteiger partial charge in [-0.1, -0.05) is 54.7 Å². The van der Waals surface area contributed by atoms with Crippen LogP contribution in [0.3, 0.4) is 0 Å². The Morgan fingerprint density at radius 3 is 2.45 bits per heavy atom. The number of carbonyl (C=O) groups excluding carboxylic acids is 2. The minimum absolute atomic E-state index is 0.107. The number of amides is 2. The lowest BCUT2D eigenvalue weighted by Crippen LogP contribution is -2.49. The maximum absolute atomic E-state index is 13.2. The Balaban J connectivity index is 2.22. The molecule has 1 atom stereocenters. The lowest BCUT2D eigenvalue weighted by atomic mass is 10.1. The van der Waals surface area contributed by atoms with Gasteiger partial charge in [-0.15, -0.1) is 0 Å². The first-order chi connectivity index (χ1) is 14.7. The number of benzene rings is 2. The number of hydrogen-bond donors (Lipinski definition) is 1. The van der Waals surface area contributed by atoms with E-state index in [1.165, 1.54) is 4.90 Å². The molecule has 0 aliphatic rings. The predicted molar refractivity (Wildman–Crippen MR) is 126 cm³/mol. The van der Waals surface area contributed by atoms with E-state index in [-0.39, 0.29) is 25.0 Å². The molecule has 0 radical (unpaired) electrons. The van der Waals surface area contributed by atoms with Crippen molar-refractivity contribution in [2.75, 3.05) is 13.2 Å². The van der Waals surface area contributed by atoms with Gasteiger partial charge in [0.25, 0.3) is 5.91 Å². The summed E-state index contributed by atoms with van der Waals surface area (Å²) >= 11 is 12.6. The second-order valence-electron chi connectivity index (χ2n) is 7.60. The van der Waals surface area contributed by atoms with Crippen molar-refractivity contribution < 1.29 is 14.3 Å². The molecule has 0 aliphatic carbocycles. The summed E-state index contributed by atoms with van der Waals surface area (Å²) in [5, 5.41) is 3.77. The van der Waals surface area contributed by atoms with Gasteiger partial charge >= 0.3 is 0 Å². The first-order valence-electron chi connectivity index (χ1n) is 10.4. The molecule has 0 spiro atoms. The van der Waals surface area contributed by atoms with E-state index in [2.05, 4.69) is 12.2 Å². The molecule has 5 nitrogen and oxygen atoms in total. The van der Waals surface area contributed by atoms with Crippen LogP contribution in [0.1, 0.15) is 43.4 Å². The molecular weight excluding hydrogens is 435 g/mol. The third kappa shape index (κ3) is 7.15. The normalized spacial score (nSPS) is 11.7. The molecule has 2 aromatic carbocycles. The van der Waals surface area contributed by atoms with Crippen LogP contribution in [-0.4, -0.2) is 35.9 Å². The first kappa shape index (κ1) is 25.0. The molecule has 2 rings (SSSR count). The number of unbranched alkanes of at least 4 members (excludes halogenated alkanes) is 1. The smallest absolute Gasteiger partial charge is 0.261 e. The molecule has 0 saturated carbocycles. The molecule has 2 amide bonds. The number of ether oxygens (including phenoxy) is 1. The van der Waals surface area contributed by atoms with Crippen molar-refractivity contribution in [1.82, 2.24) is 10.2 Å². The highest BCUT2D eigenvalue weighted by Gasteiger charge is 2.27. The summed E-state index contributed by atoms with van der Waals surface area (Å²) in [6, 6.07) is 10.3. The van der Waals surface area contributed by atoms with Crippen LogP contribution < -0.4 is 10.1 Å². The Hall–Kier alpha value is -2.24. The Morgan fingerprint density at radius 2 is 1.81 bits per heavy atom. The summed E-state index contributed by atoms with van der Waals surface area (Å²) in [6.45, 7) is 8.10. The minimum Gasteiger partial charge on any atom is -0.483 e. The maximum Gasteiger partial charge on any atom is 0.261 e. The zero-order valence-corrected chi connectivity index (χ0v) is 20.0. The molecule has 1 N–H and O–H groups in total. The average Bonchev–Trinajstić information content (AvgIpc) is 2.73. The van der Waals surface area contributed by atoms with Crippen molar-refractivity contribution in [2.45, 2.75) is 53.1 Å². The fourth-order valence-electron chi connectivity index (χ4n) is 3.06. The number of aryl methyl sites for hydroxylation is 2. The molecule has 1 unspecified atom stereocenters. The van der Waals surface area contributed by atoms with E-state index in [1.54, 1.807) is 25.1 Å². The highest BCUT2D eigenvalue weighted by Crippen LogP contribution is 2.27. The third-order valence-corrected chi connectivity index (χ3v) is 5.79. The van der Waals surface area contributed by atoms with Crippen molar-refractivity contribution in [3.05, 3.63) is 63.1 Å². The summed E-state index contributed by atoms with van der Waals surface area (Å²) in [6.07, 6.45) is 1.84. The van der Waals surface area contributed by atoms with Crippen LogP contribution in [0.2, 0.25) is 10.0 Å².